The second kappa shape index (κ2) is 10.5. The predicted molar refractivity (Wildman–Crippen MR) is 111 cm³/mol. The van der Waals surface area contributed by atoms with Gasteiger partial charge in [-0.2, -0.15) is 13.2 Å². The molecule has 1 aliphatic carbocycles. The fourth-order valence-corrected chi connectivity index (χ4v) is 3.47. The Kier molecular flexibility index (Phi) is 7.70. The van der Waals surface area contributed by atoms with Gasteiger partial charge in [0.15, 0.2) is 0 Å². The lowest BCUT2D eigenvalue weighted by Gasteiger charge is -2.26. The summed E-state index contributed by atoms with van der Waals surface area (Å²) in [5, 5.41) is 2.80. The number of aryl methyl sites for hydroxylation is 1. The molecule has 0 heterocycles. The van der Waals surface area contributed by atoms with Crippen LogP contribution in [0.5, 0.6) is 11.5 Å². The summed E-state index contributed by atoms with van der Waals surface area (Å²) in [7, 11) is 0. The highest BCUT2D eigenvalue weighted by Crippen LogP contribution is 2.32. The number of fused-ring (bicyclic) bond motifs is 1. The zero-order valence-corrected chi connectivity index (χ0v) is 17.5. The van der Waals surface area contributed by atoms with Crippen molar-refractivity contribution in [2.24, 2.45) is 5.73 Å². The molecule has 10 heteroatoms. The van der Waals surface area contributed by atoms with Crippen LogP contribution < -0.4 is 20.5 Å². The van der Waals surface area contributed by atoms with Gasteiger partial charge in [0, 0.05) is 18.2 Å². The number of nitrogens with one attached hydrogen (secondary N) is 1. The number of hydrogen-bond donors (Lipinski definition) is 2. The summed E-state index contributed by atoms with van der Waals surface area (Å²) in [6.07, 6.45) is -2.67. The van der Waals surface area contributed by atoms with Crippen molar-refractivity contribution < 1.29 is 36.6 Å². The second-order valence-corrected chi connectivity index (χ2v) is 7.42. The first-order valence-electron chi connectivity index (χ1n) is 10.2. The van der Waals surface area contributed by atoms with Gasteiger partial charge in [-0.15, -0.1) is 0 Å². The van der Waals surface area contributed by atoms with E-state index in [1.165, 1.54) is 12.1 Å². The van der Waals surface area contributed by atoms with Gasteiger partial charge < -0.3 is 20.5 Å². The molecule has 1 amide bonds. The molecule has 0 unspecified atom stereocenters. The molecular weight excluding hydrogens is 444 g/mol. The summed E-state index contributed by atoms with van der Waals surface area (Å²) in [6, 6.07) is 10.7. The van der Waals surface area contributed by atoms with Crippen molar-refractivity contribution in [1.29, 1.82) is 0 Å². The van der Waals surface area contributed by atoms with Crippen molar-refractivity contribution in [3.63, 3.8) is 0 Å². The van der Waals surface area contributed by atoms with Gasteiger partial charge in [0.1, 0.15) is 18.1 Å². The van der Waals surface area contributed by atoms with E-state index < -0.39 is 23.8 Å². The molecule has 0 saturated carbocycles. The van der Waals surface area contributed by atoms with Crippen LogP contribution in [-0.4, -0.2) is 31.2 Å². The Morgan fingerprint density at radius 2 is 1.94 bits per heavy atom. The summed E-state index contributed by atoms with van der Waals surface area (Å²) in [5.74, 6) is -3.86. The lowest BCUT2D eigenvalue weighted by atomic mass is 9.87. The van der Waals surface area contributed by atoms with E-state index in [1.54, 1.807) is 0 Å². The highest BCUT2D eigenvalue weighted by atomic mass is 19.4. The minimum Gasteiger partial charge on any atom is -0.489 e. The number of rotatable bonds is 7. The Morgan fingerprint density at radius 3 is 2.64 bits per heavy atom. The molecule has 1 aliphatic rings. The molecule has 0 fully saturated rings. The van der Waals surface area contributed by atoms with Crippen molar-refractivity contribution in [2.45, 2.75) is 31.5 Å². The zero-order valence-electron chi connectivity index (χ0n) is 17.5. The first-order valence-corrected chi connectivity index (χ1v) is 10.2. The Balaban J connectivity index is 1.86. The molecule has 2 aromatic carbocycles. The van der Waals surface area contributed by atoms with Crippen molar-refractivity contribution >= 4 is 11.9 Å². The molecule has 0 aromatic heterocycles. The lowest BCUT2D eigenvalue weighted by Crippen LogP contribution is -2.32. The number of carbonyl (C=O) groups is 2. The normalized spacial score (nSPS) is 16.0. The quantitative estimate of drug-likeness (QED) is 0.364. The lowest BCUT2D eigenvalue weighted by molar-refractivity contribution is -0.189. The smallest absolute Gasteiger partial charge is 0.489 e. The molecule has 33 heavy (non-hydrogen) atoms. The second-order valence-electron chi connectivity index (χ2n) is 7.42. The number of esters is 1. The summed E-state index contributed by atoms with van der Waals surface area (Å²) in [5.41, 5.74) is 7.18. The Bertz CT molecular complexity index is 1050. The van der Waals surface area contributed by atoms with Crippen molar-refractivity contribution in [3.8, 4) is 11.5 Å². The molecule has 3 rings (SSSR count). The Hall–Kier alpha value is -3.40. The van der Waals surface area contributed by atoms with Gasteiger partial charge in [-0.3, -0.25) is 4.79 Å². The average molecular weight is 466 g/mol. The predicted octanol–water partition coefficient (Wildman–Crippen LogP) is 4.15. The first-order chi connectivity index (χ1) is 15.7. The van der Waals surface area contributed by atoms with E-state index >= 15 is 0 Å². The molecule has 0 spiro atoms. The minimum absolute atomic E-state index is 0.0349. The largest absolute Gasteiger partial charge is 0.491 e. The summed E-state index contributed by atoms with van der Waals surface area (Å²) in [4.78, 5) is 24.4. The fraction of sp³-hybridized carbons (Fsp3) is 0.304. The summed E-state index contributed by atoms with van der Waals surface area (Å²) >= 11 is 0. The van der Waals surface area contributed by atoms with Gasteiger partial charge in [-0.05, 0) is 42.5 Å². The Labute approximate surface area is 187 Å². The highest BCUT2D eigenvalue weighted by molar-refractivity contribution is 5.98. The number of benzene rings is 2. The number of halogens is 4. The van der Waals surface area contributed by atoms with Crippen LogP contribution in [0, 0.1) is 0 Å². The van der Waals surface area contributed by atoms with Crippen LogP contribution in [0.4, 0.5) is 17.6 Å². The number of carbonyl (C=O) groups excluding carboxylic acids is 2. The minimum atomic E-state index is -5.27. The third-order valence-corrected chi connectivity index (χ3v) is 5.15. The molecule has 3 N–H and O–H groups in total. The van der Waals surface area contributed by atoms with Crippen LogP contribution in [0.1, 0.15) is 40.4 Å². The van der Waals surface area contributed by atoms with Crippen molar-refractivity contribution in [3.05, 3.63) is 71.1 Å². The zero-order chi connectivity index (χ0) is 24.0. The number of alkyl halides is 3. The number of amides is 1. The van der Waals surface area contributed by atoms with E-state index in [9.17, 15) is 27.2 Å². The van der Waals surface area contributed by atoms with Gasteiger partial charge in [0.2, 0.25) is 0 Å². The maximum Gasteiger partial charge on any atom is 0.491 e. The van der Waals surface area contributed by atoms with Gasteiger partial charge in [-0.25, -0.2) is 9.18 Å². The fourth-order valence-electron chi connectivity index (χ4n) is 3.47. The van der Waals surface area contributed by atoms with E-state index in [0.717, 1.165) is 30.0 Å². The van der Waals surface area contributed by atoms with E-state index in [4.69, 9.17) is 10.5 Å². The molecule has 6 nitrogen and oxygen atoms in total. The first kappa shape index (κ1) is 24.2. The molecule has 0 aliphatic heterocycles. The Morgan fingerprint density at radius 1 is 1.18 bits per heavy atom. The van der Waals surface area contributed by atoms with E-state index in [0.29, 0.717) is 6.42 Å². The SMILES string of the molecule is NC/C(=C/F)COc1ccc(C(=O)N[C@H]2CCCc3ccccc32)c(OC(=O)C(F)(F)F)c1. The maximum absolute atomic E-state index is 12.9. The maximum atomic E-state index is 12.9. The van der Waals surface area contributed by atoms with E-state index in [2.05, 4.69) is 10.1 Å². The van der Waals surface area contributed by atoms with E-state index in [-0.39, 0.29) is 42.4 Å². The molecule has 0 radical (unpaired) electrons. The van der Waals surface area contributed by atoms with Crippen LogP contribution >= 0.6 is 0 Å². The number of ether oxygens (including phenoxy) is 2. The highest BCUT2D eigenvalue weighted by Gasteiger charge is 2.42. The van der Waals surface area contributed by atoms with Crippen LogP contribution in [-0.2, 0) is 11.2 Å². The van der Waals surface area contributed by atoms with Crippen LogP contribution in [0.25, 0.3) is 0 Å². The van der Waals surface area contributed by atoms with Crippen molar-refractivity contribution in [2.75, 3.05) is 13.2 Å². The van der Waals surface area contributed by atoms with Gasteiger partial charge in [-0.1, -0.05) is 24.3 Å². The van der Waals surface area contributed by atoms with Gasteiger partial charge in [0.25, 0.3) is 5.91 Å². The molecular formula is C23H22F4N2O4. The molecule has 176 valence electrons. The third kappa shape index (κ3) is 6.10. The summed E-state index contributed by atoms with van der Waals surface area (Å²) in [6.45, 7) is -0.403. The topological polar surface area (TPSA) is 90.7 Å². The molecule has 2 aromatic rings. The third-order valence-electron chi connectivity index (χ3n) is 5.15. The number of nitrogens with two attached hydrogens (primary N) is 1. The molecule has 1 atom stereocenters. The van der Waals surface area contributed by atoms with Gasteiger partial charge in [0.05, 0.1) is 17.9 Å². The number of hydrogen-bond acceptors (Lipinski definition) is 5. The standard InChI is InChI=1S/C23H22F4N2O4/c24-11-14(12-28)13-32-16-8-9-18(20(10-16)33-22(31)23(25,26)27)21(30)29-19-7-3-5-15-4-1-2-6-17(15)19/h1-2,4,6,8-11,19H,3,5,7,12-13,28H2,(H,29,30)/b14-11-/t19-/m0/s1. The summed E-state index contributed by atoms with van der Waals surface area (Å²) < 4.78 is 60.8. The molecule has 0 saturated heterocycles. The van der Waals surface area contributed by atoms with E-state index in [1.807, 2.05) is 24.3 Å². The van der Waals surface area contributed by atoms with Gasteiger partial charge >= 0.3 is 12.1 Å². The van der Waals surface area contributed by atoms with Crippen molar-refractivity contribution in [1.82, 2.24) is 5.32 Å². The average Bonchev–Trinajstić information content (AvgIpc) is 2.79. The van der Waals surface area contributed by atoms with Crippen LogP contribution in [0.15, 0.2) is 54.4 Å². The van der Waals surface area contributed by atoms with Crippen LogP contribution in [0.3, 0.4) is 0 Å². The molecule has 0 bridgehead atoms. The monoisotopic (exact) mass is 466 g/mol. The van der Waals surface area contributed by atoms with Crippen LogP contribution in [0.2, 0.25) is 0 Å².